The number of aliphatic hydroxyl groups excluding tert-OH is 1. The fourth-order valence-corrected chi connectivity index (χ4v) is 7.28. The van der Waals surface area contributed by atoms with Crippen molar-refractivity contribution in [3.8, 4) is 17.3 Å². The van der Waals surface area contributed by atoms with Gasteiger partial charge in [0.05, 0.1) is 10.9 Å². The van der Waals surface area contributed by atoms with Crippen LogP contribution in [0.3, 0.4) is 0 Å². The molecule has 8 nitrogen and oxygen atoms in total. The van der Waals surface area contributed by atoms with Crippen molar-refractivity contribution in [2.75, 3.05) is 51.3 Å². The third kappa shape index (κ3) is 5.18. The van der Waals surface area contributed by atoms with E-state index in [1.54, 1.807) is 12.1 Å². The highest BCUT2D eigenvalue weighted by Gasteiger charge is 2.49. The van der Waals surface area contributed by atoms with E-state index in [2.05, 4.69) is 26.4 Å². The maximum atomic E-state index is 16.5. The molecular formula is C33H34F4N6O2. The molecular weight excluding hydrogens is 588 g/mol. The number of pyridine rings is 1. The minimum Gasteiger partial charge on any atom is -0.461 e. The molecule has 4 aromatic rings. The average molecular weight is 623 g/mol. The summed E-state index contributed by atoms with van der Waals surface area (Å²) in [7, 11) is 1.83. The summed E-state index contributed by atoms with van der Waals surface area (Å²) in [4.78, 5) is 19.4. The molecule has 3 saturated heterocycles. The summed E-state index contributed by atoms with van der Waals surface area (Å²) in [5, 5.41) is 10.7. The van der Waals surface area contributed by atoms with Crippen molar-refractivity contribution in [3.05, 3.63) is 66.6 Å². The van der Waals surface area contributed by atoms with Gasteiger partial charge < -0.3 is 14.7 Å². The van der Waals surface area contributed by atoms with Gasteiger partial charge in [0.25, 0.3) is 0 Å². The van der Waals surface area contributed by atoms with Crippen LogP contribution in [-0.2, 0) is 0 Å². The number of rotatable bonds is 9. The van der Waals surface area contributed by atoms with E-state index in [4.69, 9.17) is 4.74 Å². The van der Waals surface area contributed by atoms with Crippen LogP contribution in [0, 0.1) is 23.4 Å². The lowest BCUT2D eigenvalue weighted by molar-refractivity contribution is -0.0329. The van der Waals surface area contributed by atoms with E-state index in [1.165, 1.54) is 24.4 Å². The molecule has 2 aromatic heterocycles. The largest absolute Gasteiger partial charge is 0.461 e. The number of fused-ring (bicyclic) bond motifs is 3. The molecule has 3 aliphatic rings. The van der Waals surface area contributed by atoms with Gasteiger partial charge in [-0.2, -0.15) is 9.97 Å². The molecule has 0 bridgehead atoms. The second-order valence-electron chi connectivity index (χ2n) is 12.5. The Morgan fingerprint density at radius 3 is 2.78 bits per heavy atom. The van der Waals surface area contributed by atoms with Gasteiger partial charge in [0.15, 0.2) is 17.5 Å². The van der Waals surface area contributed by atoms with Crippen LogP contribution in [0.1, 0.15) is 19.3 Å². The first-order valence-electron chi connectivity index (χ1n) is 15.2. The van der Waals surface area contributed by atoms with Crippen LogP contribution < -0.4 is 9.64 Å². The molecule has 0 radical (unpaired) electrons. The fourth-order valence-electron chi connectivity index (χ4n) is 7.28. The van der Waals surface area contributed by atoms with E-state index in [1.807, 2.05) is 16.8 Å². The SMILES string of the molecule is C=CC(O)N1CC(CN(C)c2nc(OC[C@@]34CCCN3C[C@H](F)C4)nc3c(F)c(-c4cccc5ccc(F)c(F)c45)ncc23)C1. The molecule has 3 fully saturated rings. The number of benzene rings is 2. The lowest BCUT2D eigenvalue weighted by atomic mass is 9.95. The van der Waals surface area contributed by atoms with Crippen molar-refractivity contribution in [1.82, 2.24) is 24.8 Å². The monoisotopic (exact) mass is 622 g/mol. The molecule has 7 rings (SSSR count). The normalized spacial score (nSPS) is 22.9. The van der Waals surface area contributed by atoms with Gasteiger partial charge in [-0.05, 0) is 36.9 Å². The zero-order valence-corrected chi connectivity index (χ0v) is 24.9. The lowest BCUT2D eigenvalue weighted by Crippen LogP contribution is -2.54. The van der Waals surface area contributed by atoms with Crippen molar-refractivity contribution in [2.24, 2.45) is 5.92 Å². The Bertz CT molecular complexity index is 1790. The van der Waals surface area contributed by atoms with Crippen LogP contribution in [0.5, 0.6) is 6.01 Å². The number of ether oxygens (including phenoxy) is 1. The highest BCUT2D eigenvalue weighted by Crippen LogP contribution is 2.41. The first-order valence-corrected chi connectivity index (χ1v) is 15.2. The molecule has 0 saturated carbocycles. The highest BCUT2D eigenvalue weighted by molar-refractivity contribution is 5.99. The first kappa shape index (κ1) is 29.8. The Morgan fingerprint density at radius 1 is 1.16 bits per heavy atom. The number of alkyl halides is 1. The molecule has 2 aromatic carbocycles. The summed E-state index contributed by atoms with van der Waals surface area (Å²) < 4.78 is 66.4. The topological polar surface area (TPSA) is 77.9 Å². The van der Waals surface area contributed by atoms with E-state index < -0.39 is 35.4 Å². The predicted molar refractivity (Wildman–Crippen MR) is 163 cm³/mol. The third-order valence-electron chi connectivity index (χ3n) is 9.53. The molecule has 3 aliphatic heterocycles. The smallest absolute Gasteiger partial charge is 0.319 e. The fraction of sp³-hybridized carbons (Fsp3) is 0.424. The van der Waals surface area contributed by atoms with Gasteiger partial charge in [-0.1, -0.05) is 30.8 Å². The number of nitrogens with zero attached hydrogens (tertiary/aromatic N) is 6. The third-order valence-corrected chi connectivity index (χ3v) is 9.53. The molecule has 5 heterocycles. The maximum absolute atomic E-state index is 16.5. The van der Waals surface area contributed by atoms with Crippen LogP contribution in [0.2, 0.25) is 0 Å². The molecule has 0 spiro atoms. The Balaban J connectivity index is 1.28. The predicted octanol–water partition coefficient (Wildman–Crippen LogP) is 5.09. The summed E-state index contributed by atoms with van der Waals surface area (Å²) in [6.07, 6.45) is 3.34. The summed E-state index contributed by atoms with van der Waals surface area (Å²) in [6.45, 7) is 6.79. The van der Waals surface area contributed by atoms with Crippen molar-refractivity contribution >= 4 is 27.5 Å². The molecule has 12 heteroatoms. The summed E-state index contributed by atoms with van der Waals surface area (Å²) in [5.74, 6) is -2.36. The molecule has 1 N–H and O–H groups in total. The number of aliphatic hydroxyl groups is 1. The van der Waals surface area contributed by atoms with Gasteiger partial charge in [0.2, 0.25) is 0 Å². The van der Waals surface area contributed by atoms with E-state index in [0.717, 1.165) is 25.5 Å². The Kier molecular flexibility index (Phi) is 7.61. The summed E-state index contributed by atoms with van der Waals surface area (Å²) in [6, 6.07) is 7.15. The highest BCUT2D eigenvalue weighted by atomic mass is 19.2. The van der Waals surface area contributed by atoms with E-state index >= 15 is 8.78 Å². The van der Waals surface area contributed by atoms with Crippen molar-refractivity contribution < 1.29 is 27.4 Å². The maximum Gasteiger partial charge on any atom is 0.319 e. The van der Waals surface area contributed by atoms with E-state index in [-0.39, 0.29) is 40.7 Å². The number of hydrogen-bond acceptors (Lipinski definition) is 8. The molecule has 3 atom stereocenters. The van der Waals surface area contributed by atoms with Gasteiger partial charge in [0, 0.05) is 62.7 Å². The zero-order chi connectivity index (χ0) is 31.5. The van der Waals surface area contributed by atoms with Crippen LogP contribution >= 0.6 is 0 Å². The molecule has 45 heavy (non-hydrogen) atoms. The van der Waals surface area contributed by atoms with Crippen LogP contribution in [-0.4, -0.2) is 94.2 Å². The first-order chi connectivity index (χ1) is 21.7. The summed E-state index contributed by atoms with van der Waals surface area (Å²) in [5.41, 5.74) is -0.623. The average Bonchev–Trinajstić information content (AvgIpc) is 3.54. The number of halogens is 4. The van der Waals surface area contributed by atoms with Gasteiger partial charge in [-0.25, -0.2) is 17.6 Å². The Labute approximate surface area is 257 Å². The number of anilines is 1. The van der Waals surface area contributed by atoms with Crippen molar-refractivity contribution in [3.63, 3.8) is 0 Å². The summed E-state index contributed by atoms with van der Waals surface area (Å²) >= 11 is 0. The van der Waals surface area contributed by atoms with Crippen molar-refractivity contribution in [2.45, 2.75) is 37.2 Å². The zero-order valence-electron chi connectivity index (χ0n) is 24.9. The Hall–Kier alpha value is -3.87. The lowest BCUT2D eigenvalue weighted by Gasteiger charge is -2.42. The quantitative estimate of drug-likeness (QED) is 0.205. The second-order valence-corrected chi connectivity index (χ2v) is 12.5. The molecule has 1 unspecified atom stereocenters. The number of aromatic nitrogens is 3. The number of likely N-dealkylation sites (tertiary alicyclic amines) is 1. The number of hydrogen-bond donors (Lipinski definition) is 1. The molecule has 0 aliphatic carbocycles. The second kappa shape index (κ2) is 11.5. The van der Waals surface area contributed by atoms with Gasteiger partial charge in [-0.3, -0.25) is 14.8 Å². The van der Waals surface area contributed by atoms with Gasteiger partial charge in [0.1, 0.15) is 36.0 Å². The standard InChI is InChI=1S/C33H34F4N6O2/c1-3-25(44)42-15-19(16-42)14-41(2)31-23-13-38-29(22-7-4-6-20-8-9-24(35)27(36)26(20)22)28(37)30(23)39-32(40-31)45-18-33-10-5-11-43(33)17-21(34)12-33/h3-4,6-9,13,19,21,25,44H,1,5,10-12,14-18H2,2H3/t21-,25?,33+/m1/s1. The Morgan fingerprint density at radius 2 is 1.98 bits per heavy atom. The van der Waals surface area contributed by atoms with Gasteiger partial charge >= 0.3 is 6.01 Å². The van der Waals surface area contributed by atoms with Crippen LogP contribution in [0.4, 0.5) is 23.4 Å². The minimum atomic E-state index is -1.09. The van der Waals surface area contributed by atoms with E-state index in [0.29, 0.717) is 49.2 Å². The van der Waals surface area contributed by atoms with Crippen molar-refractivity contribution in [1.29, 1.82) is 0 Å². The molecule has 236 valence electrons. The van der Waals surface area contributed by atoms with Crippen LogP contribution in [0.25, 0.3) is 32.9 Å². The van der Waals surface area contributed by atoms with E-state index in [9.17, 15) is 13.9 Å². The molecule has 0 amide bonds. The van der Waals surface area contributed by atoms with Crippen LogP contribution in [0.15, 0.2) is 49.2 Å². The van der Waals surface area contributed by atoms with Gasteiger partial charge in [-0.15, -0.1) is 0 Å². The minimum absolute atomic E-state index is 0.0589.